The molecule has 0 atom stereocenters. The van der Waals surface area contributed by atoms with Crippen LogP contribution in [0.2, 0.25) is 5.02 Å². The van der Waals surface area contributed by atoms with Crippen molar-refractivity contribution in [1.82, 2.24) is 15.6 Å². The lowest BCUT2D eigenvalue weighted by atomic mass is 10.1. The van der Waals surface area contributed by atoms with Gasteiger partial charge in [0.05, 0.1) is 12.6 Å². The lowest BCUT2D eigenvalue weighted by Gasteiger charge is -2.14. The van der Waals surface area contributed by atoms with Gasteiger partial charge in [-0.3, -0.25) is 9.98 Å². The normalized spacial score (nSPS) is 11.0. The molecule has 0 saturated carbocycles. The Labute approximate surface area is 181 Å². The zero-order chi connectivity index (χ0) is 18.4. The van der Waals surface area contributed by atoms with Crippen molar-refractivity contribution in [3.63, 3.8) is 0 Å². The summed E-state index contributed by atoms with van der Waals surface area (Å²) in [4.78, 5) is 8.68. The summed E-state index contributed by atoms with van der Waals surface area (Å²) in [7, 11) is 3.38. The summed E-state index contributed by atoms with van der Waals surface area (Å²) in [6.45, 7) is 1.23. The molecule has 0 aliphatic rings. The summed E-state index contributed by atoms with van der Waals surface area (Å²) >= 11 is 6.01. The highest BCUT2D eigenvalue weighted by Gasteiger charge is 2.06. The Hall–Kier alpha value is -2.06. The fourth-order valence-electron chi connectivity index (χ4n) is 2.75. The number of benzene rings is 2. The Morgan fingerprint density at radius 3 is 2.56 bits per heavy atom. The number of hydrogen-bond donors (Lipinski definition) is 2. The first kappa shape index (κ1) is 21.2. The van der Waals surface area contributed by atoms with Crippen LogP contribution in [0.4, 0.5) is 0 Å². The van der Waals surface area contributed by atoms with Crippen LogP contribution in [0, 0.1) is 0 Å². The molecule has 5 nitrogen and oxygen atoms in total. The maximum absolute atomic E-state index is 6.01. The van der Waals surface area contributed by atoms with E-state index in [2.05, 4.69) is 26.7 Å². The van der Waals surface area contributed by atoms with Crippen molar-refractivity contribution in [1.29, 1.82) is 0 Å². The number of pyridine rings is 1. The van der Waals surface area contributed by atoms with Crippen LogP contribution < -0.4 is 15.4 Å². The van der Waals surface area contributed by atoms with E-state index >= 15 is 0 Å². The van der Waals surface area contributed by atoms with Gasteiger partial charge < -0.3 is 15.4 Å². The van der Waals surface area contributed by atoms with Crippen LogP contribution in [0.15, 0.2) is 59.7 Å². The molecule has 3 rings (SSSR count). The Morgan fingerprint density at radius 2 is 1.81 bits per heavy atom. The molecule has 7 heteroatoms. The first-order chi connectivity index (χ1) is 12.7. The molecule has 0 saturated heterocycles. The molecule has 0 radical (unpaired) electrons. The molecule has 27 heavy (non-hydrogen) atoms. The van der Waals surface area contributed by atoms with E-state index in [-0.39, 0.29) is 24.0 Å². The van der Waals surface area contributed by atoms with Crippen molar-refractivity contribution in [2.75, 3.05) is 14.2 Å². The van der Waals surface area contributed by atoms with Gasteiger partial charge in [-0.2, -0.15) is 0 Å². The average molecular weight is 497 g/mol. The van der Waals surface area contributed by atoms with Crippen LogP contribution in [-0.2, 0) is 13.1 Å². The van der Waals surface area contributed by atoms with Crippen molar-refractivity contribution in [2.24, 2.45) is 4.99 Å². The second-order valence-electron chi connectivity index (χ2n) is 5.72. The van der Waals surface area contributed by atoms with Crippen LogP contribution in [-0.4, -0.2) is 25.1 Å². The van der Waals surface area contributed by atoms with E-state index in [0.29, 0.717) is 24.1 Å². The molecule has 0 fully saturated rings. The number of aliphatic imine (C=N–C) groups is 1. The number of nitrogens with zero attached hydrogens (tertiary/aromatic N) is 2. The molecule has 2 aromatic carbocycles. The number of para-hydroxylation sites is 1. The van der Waals surface area contributed by atoms with Gasteiger partial charge in [-0.15, -0.1) is 24.0 Å². The minimum Gasteiger partial charge on any atom is -0.496 e. The molecule has 0 bridgehead atoms. The van der Waals surface area contributed by atoms with Gasteiger partial charge in [0.1, 0.15) is 5.75 Å². The van der Waals surface area contributed by atoms with Gasteiger partial charge in [-0.1, -0.05) is 35.9 Å². The molecule has 1 aromatic heterocycles. The van der Waals surface area contributed by atoms with Crippen LogP contribution in [0.3, 0.4) is 0 Å². The lowest BCUT2D eigenvalue weighted by Crippen LogP contribution is -2.36. The first-order valence-electron chi connectivity index (χ1n) is 8.31. The van der Waals surface area contributed by atoms with Crippen LogP contribution in [0.1, 0.15) is 11.1 Å². The highest BCUT2D eigenvalue weighted by Crippen LogP contribution is 2.22. The third-order valence-electron chi connectivity index (χ3n) is 4.10. The SMILES string of the molecule is CN=C(NCc1ccc(Cl)cc1OC)NCc1ccnc2ccccc12.I. The second kappa shape index (κ2) is 10.3. The molecule has 1 heterocycles. The third kappa shape index (κ3) is 5.46. The minimum atomic E-state index is 0. The van der Waals surface area contributed by atoms with Gasteiger partial charge >= 0.3 is 0 Å². The quantitative estimate of drug-likeness (QED) is 0.313. The molecule has 2 N–H and O–H groups in total. The summed E-state index contributed by atoms with van der Waals surface area (Å²) in [5, 5.41) is 8.43. The van der Waals surface area contributed by atoms with Crippen molar-refractivity contribution < 1.29 is 4.74 Å². The Morgan fingerprint density at radius 1 is 1.07 bits per heavy atom. The third-order valence-corrected chi connectivity index (χ3v) is 4.34. The van der Waals surface area contributed by atoms with E-state index in [9.17, 15) is 0 Å². The molecular formula is C20H22ClIN4O. The summed E-state index contributed by atoms with van der Waals surface area (Å²) in [5.41, 5.74) is 3.16. The van der Waals surface area contributed by atoms with Crippen molar-refractivity contribution in [3.8, 4) is 5.75 Å². The smallest absolute Gasteiger partial charge is 0.191 e. The van der Waals surface area contributed by atoms with Gasteiger partial charge in [0.2, 0.25) is 0 Å². The van der Waals surface area contributed by atoms with E-state index in [0.717, 1.165) is 22.2 Å². The van der Waals surface area contributed by atoms with E-state index in [4.69, 9.17) is 16.3 Å². The fourth-order valence-corrected chi connectivity index (χ4v) is 2.91. The van der Waals surface area contributed by atoms with Gasteiger partial charge in [0, 0.05) is 42.3 Å². The Bertz CT molecular complexity index is 928. The molecule has 0 amide bonds. The van der Waals surface area contributed by atoms with Gasteiger partial charge in [0.15, 0.2) is 5.96 Å². The molecule has 0 unspecified atom stereocenters. The predicted molar refractivity (Wildman–Crippen MR) is 122 cm³/mol. The number of methoxy groups -OCH3 is 1. The number of hydrogen-bond acceptors (Lipinski definition) is 3. The maximum atomic E-state index is 6.01. The monoisotopic (exact) mass is 496 g/mol. The van der Waals surface area contributed by atoms with Crippen LogP contribution in [0.5, 0.6) is 5.75 Å². The number of aromatic nitrogens is 1. The molecular weight excluding hydrogens is 475 g/mol. The van der Waals surface area contributed by atoms with Gasteiger partial charge in [0.25, 0.3) is 0 Å². The average Bonchev–Trinajstić information content (AvgIpc) is 2.68. The zero-order valence-electron chi connectivity index (χ0n) is 15.2. The summed E-state index contributed by atoms with van der Waals surface area (Å²) in [6.07, 6.45) is 1.83. The Kier molecular flexibility index (Phi) is 8.12. The predicted octanol–water partition coefficient (Wildman–Crippen LogP) is 4.38. The van der Waals surface area contributed by atoms with Crippen molar-refractivity contribution in [2.45, 2.75) is 13.1 Å². The van der Waals surface area contributed by atoms with Crippen molar-refractivity contribution >= 4 is 52.4 Å². The highest BCUT2D eigenvalue weighted by atomic mass is 127. The van der Waals surface area contributed by atoms with Gasteiger partial charge in [-0.05, 0) is 29.8 Å². The summed E-state index contributed by atoms with van der Waals surface area (Å²) in [6, 6.07) is 15.7. The molecule has 0 aliphatic carbocycles. The molecule has 3 aromatic rings. The van der Waals surface area contributed by atoms with Gasteiger partial charge in [-0.25, -0.2) is 0 Å². The minimum absolute atomic E-state index is 0. The van der Waals surface area contributed by atoms with E-state index < -0.39 is 0 Å². The number of guanidine groups is 1. The molecule has 0 spiro atoms. The largest absolute Gasteiger partial charge is 0.496 e. The number of halogens is 2. The molecule has 142 valence electrons. The van der Waals surface area contributed by atoms with Crippen LogP contribution >= 0.6 is 35.6 Å². The van der Waals surface area contributed by atoms with E-state index in [1.54, 1.807) is 20.2 Å². The number of ether oxygens (including phenoxy) is 1. The summed E-state index contributed by atoms with van der Waals surface area (Å²) in [5.74, 6) is 1.46. The number of fused-ring (bicyclic) bond motifs is 1. The standard InChI is InChI=1S/C20H21ClN4O.HI/c1-22-20(25-13-15-7-8-16(21)11-19(15)26-2)24-12-14-9-10-23-18-6-4-3-5-17(14)18;/h3-11H,12-13H2,1-2H3,(H2,22,24,25);1H. The summed E-state index contributed by atoms with van der Waals surface area (Å²) < 4.78 is 5.38. The second-order valence-corrected chi connectivity index (χ2v) is 6.16. The highest BCUT2D eigenvalue weighted by molar-refractivity contribution is 14.0. The van der Waals surface area contributed by atoms with Crippen LogP contribution in [0.25, 0.3) is 10.9 Å². The topological polar surface area (TPSA) is 58.5 Å². The van der Waals surface area contributed by atoms with E-state index in [1.807, 2.05) is 42.6 Å². The first-order valence-corrected chi connectivity index (χ1v) is 8.68. The maximum Gasteiger partial charge on any atom is 0.191 e. The fraction of sp³-hybridized carbons (Fsp3) is 0.200. The molecule has 0 aliphatic heterocycles. The van der Waals surface area contributed by atoms with Crippen molar-refractivity contribution in [3.05, 3.63) is 70.9 Å². The Balaban J connectivity index is 0.00000261. The lowest BCUT2D eigenvalue weighted by molar-refractivity contribution is 0.409. The number of rotatable bonds is 5. The zero-order valence-corrected chi connectivity index (χ0v) is 18.3. The number of nitrogens with one attached hydrogen (secondary N) is 2. The van der Waals surface area contributed by atoms with E-state index in [1.165, 1.54) is 5.56 Å².